The van der Waals surface area contributed by atoms with E-state index in [9.17, 15) is 4.79 Å². The summed E-state index contributed by atoms with van der Waals surface area (Å²) in [5.74, 6) is 2.58. The minimum atomic E-state index is -0.193. The van der Waals surface area contributed by atoms with Crippen LogP contribution in [0.15, 0.2) is 41.1 Å². The van der Waals surface area contributed by atoms with Gasteiger partial charge in [0, 0.05) is 18.1 Å². The van der Waals surface area contributed by atoms with E-state index in [1.54, 1.807) is 38.6 Å². The molecular formula is C20H18N2O6. The van der Waals surface area contributed by atoms with Crippen LogP contribution in [0.1, 0.15) is 6.92 Å². The highest BCUT2D eigenvalue weighted by Crippen LogP contribution is 2.46. The molecule has 2 heterocycles. The molecule has 8 heteroatoms. The third-order valence-corrected chi connectivity index (χ3v) is 4.31. The number of carbonyl (C=O) groups is 1. The summed E-state index contributed by atoms with van der Waals surface area (Å²) in [5.41, 5.74) is 2.83. The number of fused-ring (bicyclic) bond motifs is 1. The Bertz CT molecular complexity index is 1040. The average Bonchev–Trinajstić information content (AvgIpc) is 3.35. The molecule has 0 radical (unpaired) electrons. The van der Waals surface area contributed by atoms with Crippen molar-refractivity contribution in [3.05, 3.63) is 36.5 Å². The van der Waals surface area contributed by atoms with Crippen molar-refractivity contribution in [1.82, 2.24) is 5.16 Å². The SMILES string of the molecule is COc1ccc(-c2cnoc2-c2cc(OC)c3c(c2)OCO3)cc1NC(C)=O. The molecule has 0 atom stereocenters. The number of anilines is 1. The molecule has 1 N–H and O–H groups in total. The van der Waals surface area contributed by atoms with Gasteiger partial charge in [-0.1, -0.05) is 11.2 Å². The molecule has 8 nitrogen and oxygen atoms in total. The van der Waals surface area contributed by atoms with E-state index >= 15 is 0 Å². The van der Waals surface area contributed by atoms with Crippen molar-refractivity contribution in [1.29, 1.82) is 0 Å². The number of benzene rings is 2. The number of hydrogen-bond acceptors (Lipinski definition) is 7. The van der Waals surface area contributed by atoms with Crippen LogP contribution in [0.25, 0.3) is 22.5 Å². The molecule has 0 aliphatic carbocycles. The standard InChI is InChI=1S/C20H18N2O6/c1-11(23)22-15-6-12(4-5-16(15)24-2)14-9-21-28-19(14)13-7-17(25-3)20-18(8-13)26-10-27-20/h4-9H,10H2,1-3H3,(H,22,23). The first-order chi connectivity index (χ1) is 13.6. The fourth-order valence-corrected chi connectivity index (χ4v) is 3.08. The van der Waals surface area contributed by atoms with Crippen LogP contribution < -0.4 is 24.3 Å². The number of rotatable bonds is 5. The number of nitrogens with zero attached hydrogens (tertiary/aromatic N) is 1. The topological polar surface area (TPSA) is 92.1 Å². The number of hydrogen-bond donors (Lipinski definition) is 1. The quantitative estimate of drug-likeness (QED) is 0.719. The minimum absolute atomic E-state index is 0.136. The summed E-state index contributed by atoms with van der Waals surface area (Å²) < 4.78 is 27.2. The fourth-order valence-electron chi connectivity index (χ4n) is 3.08. The lowest BCUT2D eigenvalue weighted by Crippen LogP contribution is -2.07. The summed E-state index contributed by atoms with van der Waals surface area (Å²) in [6.45, 7) is 1.58. The van der Waals surface area contributed by atoms with Crippen LogP contribution in [0.3, 0.4) is 0 Å². The Morgan fingerprint density at radius 1 is 1.07 bits per heavy atom. The molecule has 1 amide bonds. The van der Waals surface area contributed by atoms with Gasteiger partial charge in [0.1, 0.15) is 5.75 Å². The van der Waals surface area contributed by atoms with Gasteiger partial charge in [0.15, 0.2) is 17.3 Å². The lowest BCUT2D eigenvalue weighted by molar-refractivity contribution is -0.114. The second-order valence-electron chi connectivity index (χ2n) is 6.08. The van der Waals surface area contributed by atoms with Crippen LogP contribution in [-0.2, 0) is 4.79 Å². The Morgan fingerprint density at radius 3 is 2.64 bits per heavy atom. The van der Waals surface area contributed by atoms with Gasteiger partial charge in [-0.05, 0) is 29.8 Å². The molecule has 2 aromatic carbocycles. The molecule has 28 heavy (non-hydrogen) atoms. The number of aromatic nitrogens is 1. The molecule has 0 unspecified atom stereocenters. The summed E-state index contributed by atoms with van der Waals surface area (Å²) >= 11 is 0. The Morgan fingerprint density at radius 2 is 1.89 bits per heavy atom. The molecule has 144 valence electrons. The molecule has 1 aliphatic rings. The predicted molar refractivity (Wildman–Crippen MR) is 101 cm³/mol. The van der Waals surface area contributed by atoms with Crippen LogP contribution in [0, 0.1) is 0 Å². The zero-order valence-electron chi connectivity index (χ0n) is 15.6. The van der Waals surface area contributed by atoms with Gasteiger partial charge in [0.2, 0.25) is 18.4 Å². The number of methoxy groups -OCH3 is 2. The van der Waals surface area contributed by atoms with E-state index in [2.05, 4.69) is 10.5 Å². The lowest BCUT2D eigenvalue weighted by atomic mass is 10.0. The molecule has 1 aromatic heterocycles. The lowest BCUT2D eigenvalue weighted by Gasteiger charge is -2.11. The number of nitrogens with one attached hydrogen (secondary N) is 1. The smallest absolute Gasteiger partial charge is 0.231 e. The zero-order valence-corrected chi connectivity index (χ0v) is 15.6. The minimum Gasteiger partial charge on any atom is -0.495 e. The van der Waals surface area contributed by atoms with Crippen molar-refractivity contribution in [2.45, 2.75) is 6.92 Å². The normalized spacial score (nSPS) is 12.0. The first-order valence-electron chi connectivity index (χ1n) is 8.49. The molecule has 0 fully saturated rings. The molecule has 1 aliphatic heterocycles. The van der Waals surface area contributed by atoms with Crippen molar-refractivity contribution in [2.75, 3.05) is 26.3 Å². The van der Waals surface area contributed by atoms with Gasteiger partial charge in [-0.15, -0.1) is 0 Å². The van der Waals surface area contributed by atoms with Gasteiger partial charge in [0.25, 0.3) is 0 Å². The molecule has 4 rings (SSSR count). The summed E-state index contributed by atoms with van der Waals surface area (Å²) in [6, 6.07) is 9.06. The van der Waals surface area contributed by atoms with Crippen LogP contribution in [0.5, 0.6) is 23.0 Å². The van der Waals surface area contributed by atoms with Crippen LogP contribution in [-0.4, -0.2) is 32.1 Å². The Balaban J connectivity index is 1.80. The van der Waals surface area contributed by atoms with Gasteiger partial charge in [-0.2, -0.15) is 0 Å². The van der Waals surface area contributed by atoms with E-state index in [-0.39, 0.29) is 12.7 Å². The van der Waals surface area contributed by atoms with E-state index in [1.165, 1.54) is 6.92 Å². The second-order valence-corrected chi connectivity index (χ2v) is 6.08. The molecule has 3 aromatic rings. The maximum absolute atomic E-state index is 11.5. The predicted octanol–water partition coefficient (Wildman–Crippen LogP) is 3.71. The van der Waals surface area contributed by atoms with E-state index in [0.717, 1.165) is 16.7 Å². The van der Waals surface area contributed by atoms with E-state index < -0.39 is 0 Å². The molecule has 0 saturated heterocycles. The van der Waals surface area contributed by atoms with Gasteiger partial charge in [-0.25, -0.2) is 0 Å². The van der Waals surface area contributed by atoms with Crippen molar-refractivity contribution in [3.8, 4) is 45.4 Å². The number of ether oxygens (including phenoxy) is 4. The fraction of sp³-hybridized carbons (Fsp3) is 0.200. The number of carbonyl (C=O) groups excluding carboxylic acids is 1. The molecule has 0 spiro atoms. The van der Waals surface area contributed by atoms with Crippen molar-refractivity contribution >= 4 is 11.6 Å². The third-order valence-electron chi connectivity index (χ3n) is 4.31. The maximum atomic E-state index is 11.5. The molecule has 0 saturated carbocycles. The van der Waals surface area contributed by atoms with Gasteiger partial charge in [-0.3, -0.25) is 4.79 Å². The first kappa shape index (κ1) is 17.7. The van der Waals surface area contributed by atoms with Crippen molar-refractivity contribution in [2.24, 2.45) is 0 Å². The third kappa shape index (κ3) is 3.09. The van der Waals surface area contributed by atoms with Gasteiger partial charge in [0.05, 0.1) is 26.1 Å². The summed E-state index contributed by atoms with van der Waals surface area (Å²) in [5, 5.41) is 6.72. The zero-order chi connectivity index (χ0) is 19.7. The number of amides is 1. The summed E-state index contributed by atoms with van der Waals surface area (Å²) in [6.07, 6.45) is 1.62. The molecular weight excluding hydrogens is 364 g/mol. The Hall–Kier alpha value is -3.68. The van der Waals surface area contributed by atoms with Crippen molar-refractivity contribution < 1.29 is 28.3 Å². The average molecular weight is 382 g/mol. The van der Waals surface area contributed by atoms with Crippen LogP contribution in [0.2, 0.25) is 0 Å². The van der Waals surface area contributed by atoms with E-state index in [0.29, 0.717) is 34.4 Å². The summed E-state index contributed by atoms with van der Waals surface area (Å²) in [4.78, 5) is 11.5. The van der Waals surface area contributed by atoms with Crippen LogP contribution in [0.4, 0.5) is 5.69 Å². The Labute approximate surface area is 160 Å². The highest BCUT2D eigenvalue weighted by atomic mass is 16.7. The molecule has 0 bridgehead atoms. The maximum Gasteiger partial charge on any atom is 0.231 e. The highest BCUT2D eigenvalue weighted by Gasteiger charge is 2.23. The summed E-state index contributed by atoms with van der Waals surface area (Å²) in [7, 11) is 3.11. The monoisotopic (exact) mass is 382 g/mol. The van der Waals surface area contributed by atoms with Gasteiger partial charge < -0.3 is 28.8 Å². The second kappa shape index (κ2) is 7.15. The van der Waals surface area contributed by atoms with Crippen LogP contribution >= 0.6 is 0 Å². The Kier molecular flexibility index (Phi) is 4.52. The van der Waals surface area contributed by atoms with Crippen molar-refractivity contribution in [3.63, 3.8) is 0 Å². The van der Waals surface area contributed by atoms with E-state index in [1.807, 2.05) is 12.1 Å². The first-order valence-corrected chi connectivity index (χ1v) is 8.49. The van der Waals surface area contributed by atoms with E-state index in [4.69, 9.17) is 23.5 Å². The highest BCUT2D eigenvalue weighted by molar-refractivity contribution is 5.92. The van der Waals surface area contributed by atoms with Gasteiger partial charge >= 0.3 is 0 Å². The largest absolute Gasteiger partial charge is 0.495 e.